The van der Waals surface area contributed by atoms with Gasteiger partial charge in [0.05, 0.1) is 32.6 Å². The molecule has 1 unspecified atom stereocenters. The van der Waals surface area contributed by atoms with Crippen molar-refractivity contribution in [1.82, 2.24) is 5.01 Å². The number of ether oxygens (including phenoxy) is 3. The Hall–Kier alpha value is -3.55. The molecule has 35 heavy (non-hydrogen) atoms. The van der Waals surface area contributed by atoms with Crippen molar-refractivity contribution in [2.45, 2.75) is 58.1 Å². The Morgan fingerprint density at radius 1 is 1.09 bits per heavy atom. The summed E-state index contributed by atoms with van der Waals surface area (Å²) in [4.78, 5) is 24.3. The van der Waals surface area contributed by atoms with Crippen LogP contribution in [0.5, 0.6) is 11.5 Å². The zero-order chi connectivity index (χ0) is 24.8. The first kappa shape index (κ1) is 24.6. The Kier molecular flexibility index (Phi) is 7.90. The van der Waals surface area contributed by atoms with Crippen molar-refractivity contribution in [2.24, 2.45) is 11.0 Å². The van der Waals surface area contributed by atoms with E-state index in [9.17, 15) is 9.59 Å². The summed E-state index contributed by atoms with van der Waals surface area (Å²) in [5.74, 6) is 1.47. The van der Waals surface area contributed by atoms with E-state index in [4.69, 9.17) is 14.6 Å². The molecule has 0 spiro atoms. The standard InChI is InChI=1S/C27H33N3O5/c1-4-19-16-25(31)30(17-18-9-12-21(13-10-18)28-27(32)34-3)29-26(19)20-11-14-23(33-2)24(15-20)35-22-7-5-6-8-22/h9-15,19,22H,4-8,16-17H2,1-3H3,(H,28,32). The lowest BCUT2D eigenvalue weighted by Crippen LogP contribution is -2.36. The van der Waals surface area contributed by atoms with Gasteiger partial charge in [0.1, 0.15) is 0 Å². The first-order valence-corrected chi connectivity index (χ1v) is 12.2. The summed E-state index contributed by atoms with van der Waals surface area (Å²) >= 11 is 0. The number of hydrogen-bond acceptors (Lipinski definition) is 6. The lowest BCUT2D eigenvalue weighted by atomic mass is 9.89. The average Bonchev–Trinajstić information content (AvgIpc) is 3.39. The Balaban J connectivity index is 1.57. The number of benzene rings is 2. The van der Waals surface area contributed by atoms with Crippen LogP contribution >= 0.6 is 0 Å². The molecule has 0 radical (unpaired) electrons. The van der Waals surface area contributed by atoms with Gasteiger partial charge in [-0.25, -0.2) is 9.80 Å². The van der Waals surface area contributed by atoms with Crippen LogP contribution in [0.25, 0.3) is 0 Å². The molecular weight excluding hydrogens is 446 g/mol. The molecule has 4 rings (SSSR count). The van der Waals surface area contributed by atoms with Crippen molar-refractivity contribution in [1.29, 1.82) is 0 Å². The Labute approximate surface area is 206 Å². The van der Waals surface area contributed by atoms with Crippen molar-refractivity contribution in [3.63, 3.8) is 0 Å². The Morgan fingerprint density at radius 2 is 1.83 bits per heavy atom. The van der Waals surface area contributed by atoms with Gasteiger partial charge in [-0.1, -0.05) is 19.1 Å². The molecule has 2 aliphatic rings. The topological polar surface area (TPSA) is 89.5 Å². The molecular formula is C27H33N3O5. The van der Waals surface area contributed by atoms with Crippen molar-refractivity contribution in [2.75, 3.05) is 19.5 Å². The number of hydrogen-bond donors (Lipinski definition) is 1. The molecule has 8 nitrogen and oxygen atoms in total. The number of carbonyl (C=O) groups excluding carboxylic acids is 2. The molecule has 186 valence electrons. The minimum Gasteiger partial charge on any atom is -0.493 e. The van der Waals surface area contributed by atoms with Gasteiger partial charge < -0.3 is 14.2 Å². The third-order valence-electron chi connectivity index (χ3n) is 6.59. The molecule has 0 bridgehead atoms. The summed E-state index contributed by atoms with van der Waals surface area (Å²) in [6.07, 6.45) is 5.40. The predicted octanol–water partition coefficient (Wildman–Crippen LogP) is 5.36. The molecule has 1 aliphatic heterocycles. The second kappa shape index (κ2) is 11.3. The maximum Gasteiger partial charge on any atom is 0.411 e. The number of rotatable bonds is 8. The highest BCUT2D eigenvalue weighted by Gasteiger charge is 2.30. The molecule has 1 N–H and O–H groups in total. The number of nitrogens with one attached hydrogen (secondary N) is 1. The molecule has 1 atom stereocenters. The van der Waals surface area contributed by atoms with Crippen LogP contribution in [0, 0.1) is 5.92 Å². The zero-order valence-electron chi connectivity index (χ0n) is 20.6. The highest BCUT2D eigenvalue weighted by Crippen LogP contribution is 2.34. The predicted molar refractivity (Wildman–Crippen MR) is 134 cm³/mol. The molecule has 2 aromatic carbocycles. The summed E-state index contributed by atoms with van der Waals surface area (Å²) in [7, 11) is 2.97. The number of amides is 2. The van der Waals surface area contributed by atoms with E-state index in [-0.39, 0.29) is 17.9 Å². The van der Waals surface area contributed by atoms with Crippen molar-refractivity contribution in [3.05, 3.63) is 53.6 Å². The molecule has 1 saturated carbocycles. The van der Waals surface area contributed by atoms with Crippen LogP contribution in [0.4, 0.5) is 10.5 Å². The van der Waals surface area contributed by atoms with Crippen LogP contribution in [0.15, 0.2) is 47.6 Å². The molecule has 8 heteroatoms. The van der Waals surface area contributed by atoms with Crippen LogP contribution in [0.1, 0.15) is 56.6 Å². The molecule has 2 amide bonds. The summed E-state index contributed by atoms with van der Waals surface area (Å²) in [6.45, 7) is 2.43. The van der Waals surface area contributed by atoms with Crippen molar-refractivity contribution >= 4 is 23.4 Å². The summed E-state index contributed by atoms with van der Waals surface area (Å²) in [5.41, 5.74) is 3.36. The van der Waals surface area contributed by atoms with E-state index < -0.39 is 6.09 Å². The highest BCUT2D eigenvalue weighted by atomic mass is 16.5. The molecule has 0 aromatic heterocycles. The molecule has 1 fully saturated rings. The number of anilines is 1. The van der Waals surface area contributed by atoms with E-state index in [0.717, 1.165) is 41.9 Å². The largest absolute Gasteiger partial charge is 0.493 e. The third kappa shape index (κ3) is 5.93. The van der Waals surface area contributed by atoms with Gasteiger partial charge in [0.25, 0.3) is 0 Å². The van der Waals surface area contributed by atoms with Gasteiger partial charge in [0.15, 0.2) is 11.5 Å². The molecule has 1 aliphatic carbocycles. The minimum absolute atomic E-state index is 0.00620. The molecule has 1 heterocycles. The molecule has 0 saturated heterocycles. The van der Waals surface area contributed by atoms with E-state index in [2.05, 4.69) is 17.0 Å². The van der Waals surface area contributed by atoms with E-state index >= 15 is 0 Å². The van der Waals surface area contributed by atoms with Crippen LogP contribution in [0.3, 0.4) is 0 Å². The average molecular weight is 480 g/mol. The van der Waals surface area contributed by atoms with Crippen LogP contribution in [-0.2, 0) is 16.1 Å². The van der Waals surface area contributed by atoms with Crippen LogP contribution in [-0.4, -0.2) is 43.0 Å². The van der Waals surface area contributed by atoms with E-state index in [1.807, 2.05) is 30.3 Å². The third-order valence-corrected chi connectivity index (χ3v) is 6.59. The maximum atomic E-state index is 12.9. The monoisotopic (exact) mass is 479 g/mol. The van der Waals surface area contributed by atoms with E-state index in [1.165, 1.54) is 25.0 Å². The van der Waals surface area contributed by atoms with Crippen LogP contribution < -0.4 is 14.8 Å². The van der Waals surface area contributed by atoms with Gasteiger partial charge in [-0.15, -0.1) is 0 Å². The fourth-order valence-corrected chi connectivity index (χ4v) is 4.58. The highest BCUT2D eigenvalue weighted by molar-refractivity contribution is 6.06. The Bertz CT molecular complexity index is 1080. The fourth-order valence-electron chi connectivity index (χ4n) is 4.58. The smallest absolute Gasteiger partial charge is 0.411 e. The second-order valence-corrected chi connectivity index (χ2v) is 8.95. The first-order chi connectivity index (χ1) is 17.0. The van der Waals surface area contributed by atoms with Crippen molar-refractivity contribution < 1.29 is 23.8 Å². The summed E-state index contributed by atoms with van der Waals surface area (Å²) in [6, 6.07) is 13.2. The number of methoxy groups -OCH3 is 2. The van der Waals surface area contributed by atoms with Gasteiger partial charge in [-0.3, -0.25) is 10.1 Å². The number of hydrazone groups is 1. The number of carbonyl (C=O) groups is 2. The van der Waals surface area contributed by atoms with Gasteiger partial charge in [0, 0.05) is 23.6 Å². The lowest BCUT2D eigenvalue weighted by Gasteiger charge is -2.29. The van der Waals surface area contributed by atoms with Gasteiger partial charge >= 0.3 is 6.09 Å². The van der Waals surface area contributed by atoms with Gasteiger partial charge in [-0.2, -0.15) is 5.10 Å². The lowest BCUT2D eigenvalue weighted by molar-refractivity contribution is -0.133. The van der Waals surface area contributed by atoms with Gasteiger partial charge in [0.2, 0.25) is 5.91 Å². The number of nitrogens with zero attached hydrogens (tertiary/aromatic N) is 2. The summed E-state index contributed by atoms with van der Waals surface area (Å²) in [5, 5.41) is 8.96. The Morgan fingerprint density at radius 3 is 2.49 bits per heavy atom. The van der Waals surface area contributed by atoms with Gasteiger partial charge in [-0.05, 0) is 68.0 Å². The van der Waals surface area contributed by atoms with E-state index in [0.29, 0.717) is 24.4 Å². The SMILES string of the molecule is CCC1CC(=O)N(Cc2ccc(NC(=O)OC)cc2)N=C1c1ccc(OC)c(OC2CCCC2)c1. The van der Waals surface area contributed by atoms with Crippen LogP contribution in [0.2, 0.25) is 0 Å². The maximum absolute atomic E-state index is 12.9. The van der Waals surface area contributed by atoms with Crippen molar-refractivity contribution in [3.8, 4) is 11.5 Å². The quantitative estimate of drug-likeness (QED) is 0.551. The fraction of sp³-hybridized carbons (Fsp3) is 0.444. The zero-order valence-corrected chi connectivity index (χ0v) is 20.6. The minimum atomic E-state index is -0.528. The summed E-state index contributed by atoms with van der Waals surface area (Å²) < 4.78 is 16.5. The van der Waals surface area contributed by atoms with E-state index in [1.54, 1.807) is 19.2 Å². The first-order valence-electron chi connectivity index (χ1n) is 12.2. The normalized spacial score (nSPS) is 18.3. The second-order valence-electron chi connectivity index (χ2n) is 8.95. The molecule has 2 aromatic rings.